The average molecular weight is 309 g/mol. The van der Waals surface area contributed by atoms with Gasteiger partial charge < -0.3 is 0 Å². The topological polar surface area (TPSA) is 0 Å². The van der Waals surface area contributed by atoms with Crippen LogP contribution in [0.4, 0.5) is 0 Å². The first-order valence-electron chi connectivity index (χ1n) is 7.33. The molecule has 1 aromatic rings. The van der Waals surface area contributed by atoms with Gasteiger partial charge in [0.1, 0.15) is 0 Å². The highest BCUT2D eigenvalue weighted by Crippen LogP contribution is 2.54. The van der Waals surface area contributed by atoms with Gasteiger partial charge >= 0.3 is 0 Å². The van der Waals surface area contributed by atoms with Crippen molar-refractivity contribution in [3.8, 4) is 0 Å². The molecule has 0 spiro atoms. The van der Waals surface area contributed by atoms with Gasteiger partial charge in [0.15, 0.2) is 0 Å². The van der Waals surface area contributed by atoms with Crippen molar-refractivity contribution in [2.75, 3.05) is 0 Å². The maximum absolute atomic E-state index is 3.99. The van der Waals surface area contributed by atoms with Crippen LogP contribution in [0.5, 0.6) is 0 Å². The van der Waals surface area contributed by atoms with Crippen LogP contribution in [0.25, 0.3) is 0 Å². The van der Waals surface area contributed by atoms with Crippen molar-refractivity contribution in [2.45, 2.75) is 63.6 Å². The summed E-state index contributed by atoms with van der Waals surface area (Å²) in [6.45, 7) is 6.86. The lowest BCUT2D eigenvalue weighted by atomic mass is 9.77. The number of rotatable bonds is 4. The minimum atomic E-state index is 0.499. The fraction of sp³-hybridized carbons (Fsp3) is 0.647. The zero-order chi connectivity index (χ0) is 13.2. The van der Waals surface area contributed by atoms with Gasteiger partial charge in [-0.2, -0.15) is 0 Å². The molecule has 1 saturated carbocycles. The molecule has 0 saturated heterocycles. The summed E-state index contributed by atoms with van der Waals surface area (Å²) in [7, 11) is 0. The monoisotopic (exact) mass is 308 g/mol. The first-order chi connectivity index (χ1) is 8.59. The van der Waals surface area contributed by atoms with E-state index in [1.54, 1.807) is 0 Å². The lowest BCUT2D eigenvalue weighted by Crippen LogP contribution is -2.21. The normalized spacial score (nSPS) is 20.3. The average Bonchev–Trinajstić information content (AvgIpc) is 2.88. The van der Waals surface area contributed by atoms with Crippen molar-refractivity contribution >= 4 is 15.9 Å². The predicted molar refractivity (Wildman–Crippen MR) is 83.4 cm³/mol. The molecule has 1 unspecified atom stereocenters. The molecule has 0 aromatic heterocycles. The standard InChI is InChI=1S/C17H25Br/c1-4-17(11-5-6-12-17)16(18)15-9-7-14(8-10-15)13(2)3/h7-10,13,16H,4-6,11-12H2,1-3H3. The maximum atomic E-state index is 3.99. The molecule has 1 aliphatic carbocycles. The molecular formula is C17H25Br. The third-order valence-corrected chi connectivity index (χ3v) is 6.24. The highest BCUT2D eigenvalue weighted by molar-refractivity contribution is 9.09. The smallest absolute Gasteiger partial charge is 0.0451 e. The Hall–Kier alpha value is -0.300. The summed E-state index contributed by atoms with van der Waals surface area (Å²) in [6, 6.07) is 9.24. The molecule has 1 aliphatic rings. The lowest BCUT2D eigenvalue weighted by molar-refractivity contribution is 0.279. The van der Waals surface area contributed by atoms with E-state index in [2.05, 4.69) is 61.0 Å². The lowest BCUT2D eigenvalue weighted by Gasteiger charge is -2.33. The number of alkyl halides is 1. The van der Waals surface area contributed by atoms with Crippen molar-refractivity contribution in [1.82, 2.24) is 0 Å². The van der Waals surface area contributed by atoms with E-state index in [1.807, 2.05) is 0 Å². The summed E-state index contributed by atoms with van der Waals surface area (Å²) in [5.74, 6) is 0.624. The molecule has 0 amide bonds. The quantitative estimate of drug-likeness (QED) is 0.579. The minimum Gasteiger partial charge on any atom is -0.0833 e. The highest BCUT2D eigenvalue weighted by Gasteiger charge is 2.39. The van der Waals surface area contributed by atoms with E-state index in [1.165, 1.54) is 43.2 Å². The number of hydrogen-bond donors (Lipinski definition) is 0. The van der Waals surface area contributed by atoms with Gasteiger partial charge in [-0.25, -0.2) is 0 Å². The Morgan fingerprint density at radius 3 is 2.00 bits per heavy atom. The van der Waals surface area contributed by atoms with Gasteiger partial charge in [-0.05, 0) is 41.7 Å². The first kappa shape index (κ1) is 14.1. The van der Waals surface area contributed by atoms with Crippen LogP contribution in [0.15, 0.2) is 24.3 Å². The van der Waals surface area contributed by atoms with Crippen molar-refractivity contribution in [1.29, 1.82) is 0 Å². The molecule has 1 heteroatoms. The van der Waals surface area contributed by atoms with Crippen LogP contribution in [0.2, 0.25) is 0 Å². The molecule has 0 bridgehead atoms. The summed E-state index contributed by atoms with van der Waals surface area (Å²) in [5.41, 5.74) is 3.40. The Bertz CT molecular complexity index is 371. The fourth-order valence-corrected chi connectivity index (χ4v) is 4.36. The number of benzene rings is 1. The maximum Gasteiger partial charge on any atom is 0.0451 e. The molecule has 0 heterocycles. The Morgan fingerprint density at radius 2 is 1.56 bits per heavy atom. The molecule has 1 aromatic carbocycles. The molecule has 0 radical (unpaired) electrons. The summed E-state index contributed by atoms with van der Waals surface area (Å²) in [6.07, 6.45) is 6.85. The van der Waals surface area contributed by atoms with Gasteiger partial charge in [-0.15, -0.1) is 0 Å². The summed E-state index contributed by atoms with van der Waals surface area (Å²) in [5, 5.41) is 0. The van der Waals surface area contributed by atoms with Gasteiger partial charge in [0, 0.05) is 4.83 Å². The van der Waals surface area contributed by atoms with Gasteiger partial charge in [-0.3, -0.25) is 0 Å². The van der Waals surface area contributed by atoms with E-state index in [0.29, 0.717) is 16.2 Å². The van der Waals surface area contributed by atoms with Gasteiger partial charge in [-0.1, -0.05) is 73.8 Å². The second-order valence-corrected chi connectivity index (χ2v) is 7.02. The van der Waals surface area contributed by atoms with E-state index in [4.69, 9.17) is 0 Å². The van der Waals surface area contributed by atoms with Crippen molar-refractivity contribution in [3.63, 3.8) is 0 Å². The Kier molecular flexibility index (Phi) is 4.53. The van der Waals surface area contributed by atoms with Gasteiger partial charge in [0.05, 0.1) is 0 Å². The summed E-state index contributed by atoms with van der Waals surface area (Å²) in [4.78, 5) is 0.527. The van der Waals surface area contributed by atoms with Gasteiger partial charge in [0.25, 0.3) is 0 Å². The molecule has 0 aliphatic heterocycles. The number of halogens is 1. The van der Waals surface area contributed by atoms with E-state index in [0.717, 1.165) is 0 Å². The van der Waals surface area contributed by atoms with E-state index < -0.39 is 0 Å². The molecule has 1 atom stereocenters. The first-order valence-corrected chi connectivity index (χ1v) is 8.24. The van der Waals surface area contributed by atoms with Crippen LogP contribution in [0, 0.1) is 5.41 Å². The summed E-state index contributed by atoms with van der Waals surface area (Å²) < 4.78 is 0. The molecule has 100 valence electrons. The minimum absolute atomic E-state index is 0.499. The second-order valence-electron chi connectivity index (χ2n) is 6.11. The third kappa shape index (κ3) is 2.66. The van der Waals surface area contributed by atoms with Gasteiger partial charge in [0.2, 0.25) is 0 Å². The van der Waals surface area contributed by atoms with Crippen LogP contribution >= 0.6 is 15.9 Å². The van der Waals surface area contributed by atoms with Crippen molar-refractivity contribution in [3.05, 3.63) is 35.4 Å². The van der Waals surface area contributed by atoms with Crippen LogP contribution in [0.3, 0.4) is 0 Å². The van der Waals surface area contributed by atoms with E-state index >= 15 is 0 Å². The Labute approximate surface area is 120 Å². The third-order valence-electron chi connectivity index (χ3n) is 4.74. The Morgan fingerprint density at radius 1 is 1.06 bits per heavy atom. The molecular weight excluding hydrogens is 284 g/mol. The van der Waals surface area contributed by atoms with Crippen LogP contribution in [0.1, 0.15) is 74.7 Å². The van der Waals surface area contributed by atoms with Crippen molar-refractivity contribution in [2.24, 2.45) is 5.41 Å². The van der Waals surface area contributed by atoms with E-state index in [9.17, 15) is 0 Å². The fourth-order valence-electron chi connectivity index (χ4n) is 3.27. The summed E-state index contributed by atoms with van der Waals surface area (Å²) >= 11 is 3.99. The second kappa shape index (κ2) is 5.77. The molecule has 0 nitrogen and oxygen atoms in total. The molecule has 18 heavy (non-hydrogen) atoms. The van der Waals surface area contributed by atoms with Crippen LogP contribution < -0.4 is 0 Å². The van der Waals surface area contributed by atoms with E-state index in [-0.39, 0.29) is 0 Å². The molecule has 1 fully saturated rings. The largest absolute Gasteiger partial charge is 0.0833 e. The van der Waals surface area contributed by atoms with Crippen LogP contribution in [-0.2, 0) is 0 Å². The zero-order valence-corrected chi connectivity index (χ0v) is 13.5. The van der Waals surface area contributed by atoms with Crippen LogP contribution in [-0.4, -0.2) is 0 Å². The van der Waals surface area contributed by atoms with Crippen molar-refractivity contribution < 1.29 is 0 Å². The highest BCUT2D eigenvalue weighted by atomic mass is 79.9. The molecule has 0 N–H and O–H groups in total. The number of hydrogen-bond acceptors (Lipinski definition) is 0. The molecule has 2 rings (SSSR count). The predicted octanol–water partition coefficient (Wildman–Crippen LogP) is 6.22. The SMILES string of the molecule is CCC1(C(Br)c2ccc(C(C)C)cc2)CCCC1. The Balaban J connectivity index is 2.20. The zero-order valence-electron chi connectivity index (χ0n) is 11.9.